The van der Waals surface area contributed by atoms with Gasteiger partial charge in [-0.3, -0.25) is 9.59 Å². The number of aliphatic hydroxyl groups is 1. The van der Waals surface area contributed by atoms with Crippen molar-refractivity contribution in [2.45, 2.75) is 13.0 Å². The van der Waals surface area contributed by atoms with E-state index in [0.29, 0.717) is 29.4 Å². The van der Waals surface area contributed by atoms with E-state index in [4.69, 9.17) is 16.3 Å². The van der Waals surface area contributed by atoms with Crippen LogP contribution in [0.5, 0.6) is 5.75 Å². The Labute approximate surface area is 197 Å². The van der Waals surface area contributed by atoms with Gasteiger partial charge in [0.2, 0.25) is 0 Å². The molecule has 7 nitrogen and oxygen atoms in total. The van der Waals surface area contributed by atoms with E-state index < -0.39 is 17.7 Å². The number of aryl methyl sites for hydroxylation is 1. The minimum Gasteiger partial charge on any atom is -0.507 e. The highest BCUT2D eigenvalue weighted by molar-refractivity contribution is 6.46. The molecule has 1 aliphatic heterocycles. The molecule has 0 spiro atoms. The number of aliphatic hydroxyl groups excluding tert-OH is 1. The van der Waals surface area contributed by atoms with Gasteiger partial charge in [-0.2, -0.15) is 0 Å². The third-order valence-electron chi connectivity index (χ3n) is 5.97. The van der Waals surface area contributed by atoms with Gasteiger partial charge in [-0.1, -0.05) is 29.8 Å². The molecule has 172 valence electrons. The van der Waals surface area contributed by atoms with Crippen molar-refractivity contribution in [1.29, 1.82) is 0 Å². The molecule has 4 rings (SSSR count). The van der Waals surface area contributed by atoms with Gasteiger partial charge < -0.3 is 24.6 Å². The molecular formula is C25H26ClN3O4. The van der Waals surface area contributed by atoms with Crippen LogP contribution < -0.4 is 4.74 Å². The number of ether oxygens (including phenoxy) is 1. The Morgan fingerprint density at radius 3 is 2.64 bits per heavy atom. The van der Waals surface area contributed by atoms with Gasteiger partial charge in [0.15, 0.2) is 0 Å². The fraction of sp³-hybridized carbons (Fsp3) is 0.280. The maximum absolute atomic E-state index is 13.3. The Kier molecular flexibility index (Phi) is 6.19. The first-order chi connectivity index (χ1) is 15.7. The van der Waals surface area contributed by atoms with Gasteiger partial charge >= 0.3 is 0 Å². The molecule has 8 heteroatoms. The van der Waals surface area contributed by atoms with Crippen molar-refractivity contribution in [2.75, 3.05) is 34.3 Å². The smallest absolute Gasteiger partial charge is 0.295 e. The first-order valence-corrected chi connectivity index (χ1v) is 11.0. The number of nitrogens with zero attached hydrogens (tertiary/aromatic N) is 2. The summed E-state index contributed by atoms with van der Waals surface area (Å²) in [5, 5.41) is 12.6. The number of hydrogen-bond acceptors (Lipinski definition) is 5. The second kappa shape index (κ2) is 8.92. The number of amides is 1. The van der Waals surface area contributed by atoms with Crippen LogP contribution in [0.25, 0.3) is 16.7 Å². The number of aromatic nitrogens is 1. The number of nitrogens with one attached hydrogen (secondary N) is 1. The molecule has 0 saturated carbocycles. The number of benzene rings is 2. The molecule has 2 heterocycles. The highest BCUT2D eigenvalue weighted by Gasteiger charge is 2.47. The summed E-state index contributed by atoms with van der Waals surface area (Å²) in [6, 6.07) is 11.7. The summed E-state index contributed by atoms with van der Waals surface area (Å²) in [5.74, 6) is -1.24. The summed E-state index contributed by atoms with van der Waals surface area (Å²) in [6.45, 7) is 2.81. The second-order valence-electron chi connectivity index (χ2n) is 8.35. The Morgan fingerprint density at radius 2 is 1.94 bits per heavy atom. The zero-order valence-electron chi connectivity index (χ0n) is 19.0. The van der Waals surface area contributed by atoms with Crippen molar-refractivity contribution in [3.8, 4) is 5.75 Å². The summed E-state index contributed by atoms with van der Waals surface area (Å²) in [4.78, 5) is 33.2. The monoisotopic (exact) mass is 467 g/mol. The normalized spacial score (nSPS) is 18.0. The molecule has 2 N–H and O–H groups in total. The maximum atomic E-state index is 13.3. The second-order valence-corrected chi connectivity index (χ2v) is 8.76. The molecule has 2 aromatic carbocycles. The molecule has 1 aromatic heterocycles. The van der Waals surface area contributed by atoms with Crippen molar-refractivity contribution in [3.63, 3.8) is 0 Å². The number of likely N-dealkylation sites (N-methyl/N-ethyl adjacent to an activating group) is 1. The van der Waals surface area contributed by atoms with Gasteiger partial charge in [-0.05, 0) is 45.3 Å². The number of hydrogen-bond donors (Lipinski definition) is 2. The SMILES string of the molecule is COc1cc(/C(O)=C2\C(=O)C(=O)N(CCN(C)C)C2c2c(C)[nH]c3ccccc23)ccc1Cl. The molecule has 1 amide bonds. The van der Waals surface area contributed by atoms with Gasteiger partial charge in [0.25, 0.3) is 11.7 Å². The predicted octanol–water partition coefficient (Wildman–Crippen LogP) is 4.12. The minimum absolute atomic E-state index is 0.0518. The molecular weight excluding hydrogens is 442 g/mol. The molecule has 1 saturated heterocycles. The fourth-order valence-electron chi connectivity index (χ4n) is 4.33. The third kappa shape index (κ3) is 3.98. The Bertz CT molecular complexity index is 1280. The van der Waals surface area contributed by atoms with E-state index in [-0.39, 0.29) is 11.3 Å². The van der Waals surface area contributed by atoms with E-state index in [1.165, 1.54) is 7.11 Å². The molecule has 1 unspecified atom stereocenters. The largest absolute Gasteiger partial charge is 0.507 e. The average Bonchev–Trinajstić information content (AvgIpc) is 3.24. The Balaban J connectivity index is 1.96. The highest BCUT2D eigenvalue weighted by atomic mass is 35.5. The summed E-state index contributed by atoms with van der Waals surface area (Å²) in [5.41, 5.74) is 2.93. The summed E-state index contributed by atoms with van der Waals surface area (Å²) in [7, 11) is 5.28. The lowest BCUT2D eigenvalue weighted by Crippen LogP contribution is -2.35. The number of methoxy groups -OCH3 is 1. The molecule has 1 atom stereocenters. The van der Waals surface area contributed by atoms with Crippen molar-refractivity contribution in [3.05, 3.63) is 69.9 Å². The van der Waals surface area contributed by atoms with Crippen LogP contribution in [0, 0.1) is 6.92 Å². The van der Waals surface area contributed by atoms with Crippen LogP contribution in [0.15, 0.2) is 48.0 Å². The number of carbonyl (C=O) groups is 2. The van der Waals surface area contributed by atoms with Crippen molar-refractivity contribution < 1.29 is 19.4 Å². The van der Waals surface area contributed by atoms with E-state index >= 15 is 0 Å². The minimum atomic E-state index is -0.734. The van der Waals surface area contributed by atoms with E-state index in [9.17, 15) is 14.7 Å². The third-order valence-corrected chi connectivity index (χ3v) is 6.28. The number of rotatable bonds is 6. The lowest BCUT2D eigenvalue weighted by Gasteiger charge is -2.27. The van der Waals surface area contributed by atoms with Crippen LogP contribution in [0.1, 0.15) is 22.9 Å². The van der Waals surface area contributed by atoms with E-state index in [2.05, 4.69) is 4.98 Å². The number of likely N-dealkylation sites (tertiary alicyclic amines) is 1. The van der Waals surface area contributed by atoms with Crippen LogP contribution in [0.2, 0.25) is 5.02 Å². The fourth-order valence-corrected chi connectivity index (χ4v) is 4.53. The molecule has 33 heavy (non-hydrogen) atoms. The highest BCUT2D eigenvalue weighted by Crippen LogP contribution is 2.43. The zero-order chi connectivity index (χ0) is 23.9. The number of H-pyrrole nitrogens is 1. The lowest BCUT2D eigenvalue weighted by molar-refractivity contribution is -0.140. The van der Waals surface area contributed by atoms with E-state index in [1.807, 2.05) is 50.2 Å². The lowest BCUT2D eigenvalue weighted by atomic mass is 9.93. The van der Waals surface area contributed by atoms with Gasteiger partial charge in [0, 0.05) is 40.8 Å². The summed E-state index contributed by atoms with van der Waals surface area (Å²) < 4.78 is 5.27. The molecule has 3 aromatic rings. The molecule has 0 bridgehead atoms. The van der Waals surface area contributed by atoms with Crippen molar-refractivity contribution in [2.24, 2.45) is 0 Å². The van der Waals surface area contributed by atoms with Crippen LogP contribution in [-0.2, 0) is 9.59 Å². The van der Waals surface area contributed by atoms with Crippen molar-refractivity contribution in [1.82, 2.24) is 14.8 Å². The standard InChI is InChI=1S/C25H26ClN3O4/c1-14-20(16-7-5-6-8-18(16)27-14)22-21(24(31)25(32)29(22)12-11-28(2)3)23(30)15-9-10-17(26)19(13-15)33-4/h5-10,13,22,27,30H,11-12H2,1-4H3/b23-21+. The predicted molar refractivity (Wildman–Crippen MR) is 129 cm³/mol. The Morgan fingerprint density at radius 1 is 1.21 bits per heavy atom. The van der Waals surface area contributed by atoms with Crippen LogP contribution >= 0.6 is 11.6 Å². The van der Waals surface area contributed by atoms with Gasteiger partial charge in [0.05, 0.1) is 23.7 Å². The summed E-state index contributed by atoms with van der Waals surface area (Å²) in [6.07, 6.45) is 0. The van der Waals surface area contributed by atoms with Gasteiger partial charge in [-0.15, -0.1) is 0 Å². The Hall–Kier alpha value is -3.29. The van der Waals surface area contributed by atoms with Crippen LogP contribution in [-0.4, -0.2) is 65.9 Å². The number of aromatic amines is 1. The number of ketones is 1. The number of Topliss-reactive ketones (excluding diaryl/α,β-unsaturated/α-hetero) is 1. The number of fused-ring (bicyclic) bond motifs is 1. The average molecular weight is 468 g/mol. The topological polar surface area (TPSA) is 85.9 Å². The van der Waals surface area contributed by atoms with E-state index in [0.717, 1.165) is 22.2 Å². The maximum Gasteiger partial charge on any atom is 0.295 e. The van der Waals surface area contributed by atoms with Crippen LogP contribution in [0.4, 0.5) is 0 Å². The van der Waals surface area contributed by atoms with Gasteiger partial charge in [-0.25, -0.2) is 0 Å². The molecule has 0 radical (unpaired) electrons. The number of halogens is 1. The van der Waals surface area contributed by atoms with Crippen molar-refractivity contribution >= 4 is 40.0 Å². The van der Waals surface area contributed by atoms with Crippen LogP contribution in [0.3, 0.4) is 0 Å². The first kappa shape index (κ1) is 22.9. The molecule has 1 fully saturated rings. The number of para-hydroxylation sites is 1. The number of carbonyl (C=O) groups excluding carboxylic acids is 2. The zero-order valence-corrected chi connectivity index (χ0v) is 19.7. The first-order valence-electron chi connectivity index (χ1n) is 10.6. The quantitative estimate of drug-likeness (QED) is 0.323. The molecule has 0 aliphatic carbocycles. The van der Waals surface area contributed by atoms with Gasteiger partial charge in [0.1, 0.15) is 11.5 Å². The summed E-state index contributed by atoms with van der Waals surface area (Å²) >= 11 is 6.14. The molecule has 1 aliphatic rings. The van der Waals surface area contributed by atoms with E-state index in [1.54, 1.807) is 23.1 Å².